The van der Waals surface area contributed by atoms with E-state index in [9.17, 15) is 5.11 Å². The summed E-state index contributed by atoms with van der Waals surface area (Å²) in [5.41, 5.74) is 0. The van der Waals surface area contributed by atoms with Crippen LogP contribution in [0, 0.1) is 0 Å². The van der Waals surface area contributed by atoms with Gasteiger partial charge in [-0.2, -0.15) is 0 Å². The molecule has 1 aromatic rings. The molecule has 0 aliphatic heterocycles. The molecule has 0 saturated heterocycles. The third-order valence-electron chi connectivity index (χ3n) is 5.60. The predicted octanol–water partition coefficient (Wildman–Crippen LogP) is 6.04. The highest BCUT2D eigenvalue weighted by molar-refractivity contribution is 4.66. The summed E-state index contributed by atoms with van der Waals surface area (Å²) in [5, 5.41) is 10.1. The fraction of sp³-hybridized carbons (Fsp3) is 0.880. The second-order valence-corrected chi connectivity index (χ2v) is 8.67. The van der Waals surface area contributed by atoms with E-state index in [0.717, 1.165) is 26.0 Å². The van der Waals surface area contributed by atoms with Crippen LogP contribution in [0.5, 0.6) is 0 Å². The van der Waals surface area contributed by atoms with Crippen LogP contribution < -0.4 is 4.57 Å². The van der Waals surface area contributed by atoms with Gasteiger partial charge in [-0.05, 0) is 12.8 Å². The zero-order valence-electron chi connectivity index (χ0n) is 19.5. The summed E-state index contributed by atoms with van der Waals surface area (Å²) in [5.74, 6) is 0. The molecule has 1 rings (SSSR count). The molecular weight excluding hydrogens is 360 g/mol. The quantitative estimate of drug-likeness (QED) is 0.198. The van der Waals surface area contributed by atoms with Crippen molar-refractivity contribution >= 4 is 0 Å². The molecule has 1 heterocycles. The second kappa shape index (κ2) is 19.1. The van der Waals surface area contributed by atoms with Crippen LogP contribution in [0.2, 0.25) is 0 Å². The van der Waals surface area contributed by atoms with Crippen molar-refractivity contribution in [2.24, 2.45) is 0 Å². The van der Waals surface area contributed by atoms with Crippen molar-refractivity contribution in [2.75, 3.05) is 13.2 Å². The lowest BCUT2D eigenvalue weighted by atomic mass is 10.0. The Hall–Kier alpha value is -0.870. The standard InChI is InChI=1S/C25H49N2O2/c1-3-5-6-7-8-9-10-11-12-13-14-15-16-17-21-29-23-25(28)22-27-20-19-26(24-27)18-4-2/h19-20,24-25,28H,3-18,21-23H2,1-2H3/q+1. The van der Waals surface area contributed by atoms with Gasteiger partial charge in [0.15, 0.2) is 0 Å². The van der Waals surface area contributed by atoms with Gasteiger partial charge in [0.2, 0.25) is 6.33 Å². The summed E-state index contributed by atoms with van der Waals surface area (Å²) in [6, 6.07) is 0. The van der Waals surface area contributed by atoms with Crippen molar-refractivity contribution in [1.82, 2.24) is 4.57 Å². The van der Waals surface area contributed by atoms with Crippen molar-refractivity contribution in [2.45, 2.75) is 129 Å². The molecule has 4 heteroatoms. The maximum Gasteiger partial charge on any atom is 0.243 e. The molecule has 0 aliphatic carbocycles. The van der Waals surface area contributed by atoms with Gasteiger partial charge < -0.3 is 9.84 Å². The molecule has 0 bridgehead atoms. The van der Waals surface area contributed by atoms with E-state index in [-0.39, 0.29) is 0 Å². The number of rotatable bonds is 21. The van der Waals surface area contributed by atoms with Crippen LogP contribution in [-0.4, -0.2) is 29.0 Å². The third-order valence-corrected chi connectivity index (χ3v) is 5.60. The van der Waals surface area contributed by atoms with Gasteiger partial charge in [-0.25, -0.2) is 9.13 Å². The Morgan fingerprint density at radius 3 is 1.90 bits per heavy atom. The minimum Gasteiger partial charge on any atom is -0.387 e. The zero-order valence-corrected chi connectivity index (χ0v) is 19.5. The smallest absolute Gasteiger partial charge is 0.243 e. The highest BCUT2D eigenvalue weighted by Gasteiger charge is 2.10. The van der Waals surface area contributed by atoms with Gasteiger partial charge in [0.25, 0.3) is 0 Å². The largest absolute Gasteiger partial charge is 0.387 e. The lowest BCUT2D eigenvalue weighted by molar-refractivity contribution is -0.703. The highest BCUT2D eigenvalue weighted by atomic mass is 16.5. The normalized spacial score (nSPS) is 12.5. The Kier molecular flexibility index (Phi) is 17.2. The van der Waals surface area contributed by atoms with Crippen LogP contribution in [0.4, 0.5) is 0 Å². The molecule has 1 unspecified atom stereocenters. The third kappa shape index (κ3) is 15.6. The molecule has 1 N–H and O–H groups in total. The Labute approximate surface area is 180 Å². The molecule has 0 spiro atoms. The lowest BCUT2D eigenvalue weighted by Gasteiger charge is -2.09. The van der Waals surface area contributed by atoms with Crippen LogP contribution in [0.25, 0.3) is 0 Å². The molecule has 0 aromatic carbocycles. The van der Waals surface area contributed by atoms with Crippen molar-refractivity contribution in [3.63, 3.8) is 0 Å². The minimum atomic E-state index is -0.427. The Balaban J connectivity index is 1.80. The van der Waals surface area contributed by atoms with E-state index in [2.05, 4.69) is 30.9 Å². The Morgan fingerprint density at radius 1 is 0.793 bits per heavy atom. The maximum absolute atomic E-state index is 10.1. The van der Waals surface area contributed by atoms with Crippen LogP contribution in [-0.2, 0) is 17.8 Å². The fourth-order valence-corrected chi connectivity index (χ4v) is 3.85. The van der Waals surface area contributed by atoms with Crippen molar-refractivity contribution < 1.29 is 14.4 Å². The number of aliphatic hydroxyl groups excluding tert-OH is 1. The first kappa shape index (κ1) is 26.2. The van der Waals surface area contributed by atoms with E-state index in [4.69, 9.17) is 4.74 Å². The number of nitrogens with zero attached hydrogens (tertiary/aromatic N) is 2. The number of aliphatic hydroxyl groups is 1. The number of hydrogen-bond acceptors (Lipinski definition) is 2. The SMILES string of the molecule is CCCCCCCCCCCCCCCCOCC(O)C[n+]1ccn(CCC)c1. The molecule has 1 aromatic heterocycles. The van der Waals surface area contributed by atoms with E-state index in [1.807, 2.05) is 10.8 Å². The van der Waals surface area contributed by atoms with E-state index < -0.39 is 6.10 Å². The van der Waals surface area contributed by atoms with Crippen LogP contribution in [0.1, 0.15) is 110 Å². The van der Waals surface area contributed by atoms with Crippen LogP contribution >= 0.6 is 0 Å². The first-order chi connectivity index (χ1) is 14.3. The zero-order chi connectivity index (χ0) is 21.0. The Bertz CT molecular complexity index is 461. The van der Waals surface area contributed by atoms with Crippen LogP contribution in [0.15, 0.2) is 18.7 Å². The van der Waals surface area contributed by atoms with E-state index in [0.29, 0.717) is 13.2 Å². The van der Waals surface area contributed by atoms with Crippen LogP contribution in [0.3, 0.4) is 0 Å². The Morgan fingerprint density at radius 2 is 1.34 bits per heavy atom. The van der Waals surface area contributed by atoms with Gasteiger partial charge in [-0.1, -0.05) is 97.3 Å². The van der Waals surface area contributed by atoms with Crippen molar-refractivity contribution in [1.29, 1.82) is 0 Å². The number of hydrogen-bond donors (Lipinski definition) is 1. The molecule has 1 atom stereocenters. The summed E-state index contributed by atoms with van der Waals surface area (Å²) in [6.45, 7) is 7.30. The molecule has 0 amide bonds. The van der Waals surface area contributed by atoms with Gasteiger partial charge in [0.1, 0.15) is 25.0 Å². The molecule has 0 saturated carbocycles. The maximum atomic E-state index is 10.1. The molecule has 0 fully saturated rings. The topological polar surface area (TPSA) is 38.3 Å². The van der Waals surface area contributed by atoms with Gasteiger partial charge in [-0.15, -0.1) is 0 Å². The lowest BCUT2D eigenvalue weighted by Crippen LogP contribution is -2.40. The second-order valence-electron chi connectivity index (χ2n) is 8.67. The molecule has 29 heavy (non-hydrogen) atoms. The minimum absolute atomic E-state index is 0.427. The fourth-order valence-electron chi connectivity index (χ4n) is 3.85. The highest BCUT2D eigenvalue weighted by Crippen LogP contribution is 2.12. The number of aromatic nitrogens is 2. The van der Waals surface area contributed by atoms with Gasteiger partial charge in [0, 0.05) is 6.61 Å². The van der Waals surface area contributed by atoms with Crippen molar-refractivity contribution in [3.8, 4) is 0 Å². The number of ether oxygens (including phenoxy) is 1. The average molecular weight is 410 g/mol. The molecule has 0 radical (unpaired) electrons. The van der Waals surface area contributed by atoms with Gasteiger partial charge in [-0.3, -0.25) is 0 Å². The summed E-state index contributed by atoms with van der Waals surface area (Å²) in [7, 11) is 0. The summed E-state index contributed by atoms with van der Waals surface area (Å²) in [4.78, 5) is 0. The van der Waals surface area contributed by atoms with Gasteiger partial charge in [0.05, 0.1) is 13.2 Å². The summed E-state index contributed by atoms with van der Waals surface area (Å²) >= 11 is 0. The monoisotopic (exact) mass is 409 g/mol. The summed E-state index contributed by atoms with van der Waals surface area (Å²) in [6.07, 6.45) is 26.1. The average Bonchev–Trinajstić information content (AvgIpc) is 3.14. The van der Waals surface area contributed by atoms with Crippen molar-refractivity contribution in [3.05, 3.63) is 18.7 Å². The van der Waals surface area contributed by atoms with E-state index >= 15 is 0 Å². The number of unbranched alkanes of at least 4 members (excludes halogenated alkanes) is 13. The molecule has 4 nitrogen and oxygen atoms in total. The first-order valence-electron chi connectivity index (χ1n) is 12.6. The number of imidazole rings is 1. The first-order valence-corrected chi connectivity index (χ1v) is 12.6. The predicted molar refractivity (Wildman–Crippen MR) is 122 cm³/mol. The molecule has 170 valence electrons. The molecule has 0 aliphatic rings. The van der Waals surface area contributed by atoms with Gasteiger partial charge >= 0.3 is 0 Å². The van der Waals surface area contributed by atoms with E-state index in [1.54, 1.807) is 0 Å². The number of aryl methyl sites for hydroxylation is 1. The molecular formula is C25H49N2O2+. The van der Waals surface area contributed by atoms with E-state index in [1.165, 1.54) is 83.5 Å². The summed E-state index contributed by atoms with van der Waals surface area (Å²) < 4.78 is 9.85.